The molecule has 7 rings (SSSR count). The monoisotopic (exact) mass is 1010 g/mol. The minimum absolute atomic E-state index is 1.16. The third-order valence-corrected chi connectivity index (χ3v) is 19.8. The first-order chi connectivity index (χ1) is 28.4. The fourth-order valence-corrected chi connectivity index (χ4v) is 16.7. The van der Waals surface area contributed by atoms with Crippen LogP contribution < -0.4 is 0 Å². The van der Waals surface area contributed by atoms with Gasteiger partial charge < -0.3 is 0 Å². The number of thiophene rings is 6. The van der Waals surface area contributed by atoms with Crippen molar-refractivity contribution in [1.29, 1.82) is 0 Å². The minimum atomic E-state index is 1.16. The fraction of sp³-hybridized carbons (Fsp3) is 0.480. The van der Waals surface area contributed by atoms with Crippen LogP contribution in [0.3, 0.4) is 0 Å². The maximum absolute atomic E-state index is 4.01. The Balaban J connectivity index is 1.32. The largest absolute Gasteiger partial charge is 0.139 e. The summed E-state index contributed by atoms with van der Waals surface area (Å²) in [4.78, 5) is 11.9. The highest BCUT2D eigenvalue weighted by molar-refractivity contribution is 9.11. The van der Waals surface area contributed by atoms with E-state index in [9.17, 15) is 0 Å². The molecule has 8 heteroatoms. The zero-order chi connectivity index (χ0) is 40.4. The Bertz CT molecular complexity index is 2140. The van der Waals surface area contributed by atoms with Crippen molar-refractivity contribution in [2.24, 2.45) is 0 Å². The summed E-state index contributed by atoms with van der Waals surface area (Å²) in [6.07, 6.45) is 25.6. The van der Waals surface area contributed by atoms with E-state index in [0.29, 0.717) is 0 Å². The van der Waals surface area contributed by atoms with E-state index >= 15 is 0 Å². The predicted octanol–water partition coefficient (Wildman–Crippen LogP) is 21.0. The molecule has 0 saturated heterocycles. The Morgan fingerprint density at radius 3 is 1.14 bits per heavy atom. The molecule has 0 spiro atoms. The Morgan fingerprint density at radius 2 is 0.759 bits per heavy atom. The molecule has 0 aliphatic carbocycles. The molecule has 6 aromatic heterocycles. The number of unbranched alkanes of at least 4 members (excludes halogenated alkanes) is 12. The van der Waals surface area contributed by atoms with Gasteiger partial charge in [0, 0.05) is 70.3 Å². The predicted molar refractivity (Wildman–Crippen MR) is 277 cm³/mol. The number of rotatable bonds is 24. The third-order valence-electron chi connectivity index (χ3n) is 11.4. The second-order valence-electron chi connectivity index (χ2n) is 16.0. The molecule has 310 valence electrons. The molecule has 0 bridgehead atoms. The molecule has 0 N–H and O–H groups in total. The fourth-order valence-electron chi connectivity index (χ4n) is 8.30. The molecule has 0 amide bonds. The molecule has 58 heavy (non-hydrogen) atoms. The lowest BCUT2D eigenvalue weighted by Crippen LogP contribution is -1.86. The first kappa shape index (κ1) is 44.9. The SMILES string of the molecule is CCCCCCc1ccc(-c2sc(-c3c4cc(Br)sc4c(-c4cc(CCCCCC)c(-c5ccc(CCCCCC)s5)s4)c4cc(Br)sc34)cc2CCCCCC)s1. The van der Waals surface area contributed by atoms with Crippen LogP contribution in [0.1, 0.15) is 151 Å². The first-order valence-corrected chi connectivity index (χ1v) is 28.7. The van der Waals surface area contributed by atoms with Crippen molar-refractivity contribution in [2.45, 2.75) is 156 Å². The van der Waals surface area contributed by atoms with Gasteiger partial charge in [-0.3, -0.25) is 0 Å². The van der Waals surface area contributed by atoms with Gasteiger partial charge >= 0.3 is 0 Å². The molecule has 0 unspecified atom stereocenters. The van der Waals surface area contributed by atoms with Gasteiger partial charge in [-0.2, -0.15) is 0 Å². The zero-order valence-electron chi connectivity index (χ0n) is 35.0. The van der Waals surface area contributed by atoms with E-state index in [2.05, 4.69) is 108 Å². The Kier molecular flexibility index (Phi) is 17.3. The summed E-state index contributed by atoms with van der Waals surface area (Å²) in [7, 11) is 0. The van der Waals surface area contributed by atoms with Gasteiger partial charge in [0.25, 0.3) is 0 Å². The van der Waals surface area contributed by atoms with Crippen LogP contribution in [-0.2, 0) is 25.7 Å². The van der Waals surface area contributed by atoms with Crippen LogP contribution in [0, 0.1) is 0 Å². The van der Waals surface area contributed by atoms with Crippen LogP contribution in [0.2, 0.25) is 0 Å². The molecule has 0 fully saturated rings. The molecule has 1 aromatic carbocycles. The Hall–Kier alpha value is -1.10. The van der Waals surface area contributed by atoms with Crippen LogP contribution in [0.25, 0.3) is 60.6 Å². The highest BCUT2D eigenvalue weighted by Gasteiger charge is 2.26. The van der Waals surface area contributed by atoms with E-state index in [0.717, 1.165) is 12.8 Å². The number of hydrogen-bond acceptors (Lipinski definition) is 6. The summed E-state index contributed by atoms with van der Waals surface area (Å²) in [5.41, 5.74) is 5.94. The van der Waals surface area contributed by atoms with Crippen molar-refractivity contribution in [3.8, 4) is 40.4 Å². The second-order valence-corrected chi connectivity index (χ2v) is 25.3. The van der Waals surface area contributed by atoms with E-state index < -0.39 is 0 Å². The van der Waals surface area contributed by atoms with Gasteiger partial charge in [0.05, 0.1) is 7.57 Å². The summed E-state index contributed by atoms with van der Waals surface area (Å²) in [6.45, 7) is 9.25. The van der Waals surface area contributed by atoms with Crippen molar-refractivity contribution >= 4 is 120 Å². The van der Waals surface area contributed by atoms with Gasteiger partial charge in [0.2, 0.25) is 0 Å². The van der Waals surface area contributed by atoms with E-state index in [1.807, 2.05) is 68.0 Å². The zero-order valence-corrected chi connectivity index (χ0v) is 43.0. The van der Waals surface area contributed by atoms with Crippen LogP contribution >= 0.6 is 99.9 Å². The quantitative estimate of drug-likeness (QED) is 0.0529. The van der Waals surface area contributed by atoms with Gasteiger partial charge in [0.15, 0.2) is 0 Å². The molecular formula is C50H60Br2S6. The van der Waals surface area contributed by atoms with Crippen molar-refractivity contribution in [1.82, 2.24) is 0 Å². The van der Waals surface area contributed by atoms with E-state index in [1.54, 1.807) is 20.9 Å². The summed E-state index contributed by atoms with van der Waals surface area (Å²) in [5, 5.41) is 2.79. The van der Waals surface area contributed by atoms with Crippen LogP contribution in [0.15, 0.2) is 56.1 Å². The van der Waals surface area contributed by atoms with Crippen LogP contribution in [-0.4, -0.2) is 0 Å². The van der Waals surface area contributed by atoms with Gasteiger partial charge in [0.1, 0.15) is 0 Å². The van der Waals surface area contributed by atoms with E-state index in [1.165, 1.54) is 184 Å². The van der Waals surface area contributed by atoms with Gasteiger partial charge in [-0.05, 0) is 143 Å². The average Bonchev–Trinajstić information content (AvgIpc) is 4.08. The minimum Gasteiger partial charge on any atom is -0.139 e. The second kappa shape index (κ2) is 22.3. The van der Waals surface area contributed by atoms with Crippen LogP contribution in [0.5, 0.6) is 0 Å². The normalized spacial score (nSPS) is 12.0. The summed E-state index contributed by atoms with van der Waals surface area (Å²) < 4.78 is 5.26. The molecule has 0 atom stereocenters. The number of halogens is 2. The number of aryl methyl sites for hydroxylation is 4. The summed E-state index contributed by atoms with van der Waals surface area (Å²) in [6, 6.07) is 19.7. The molecule has 0 aliphatic rings. The molecule has 7 aromatic rings. The van der Waals surface area contributed by atoms with Crippen molar-refractivity contribution in [3.05, 3.63) is 77.0 Å². The van der Waals surface area contributed by atoms with Crippen LogP contribution in [0.4, 0.5) is 0 Å². The standard InChI is InChI=1S/C50H60Br2S6/c1-5-9-13-17-21-33-29-41(55-47(33)39-27-25-35(53-39)23-19-15-11-7-3)45-37-31-43(51)58-50(37)46(38-32-44(52)57-49(38)45)42-30-34(22-18-14-10-6-2)48(56-42)40-28-26-36(54-40)24-20-16-12-8-4/h25-32H,5-24H2,1-4H3. The van der Waals surface area contributed by atoms with Crippen molar-refractivity contribution in [2.75, 3.05) is 0 Å². The molecule has 0 nitrogen and oxygen atoms in total. The summed E-state index contributed by atoms with van der Waals surface area (Å²) >= 11 is 20.1. The molecule has 6 heterocycles. The lowest BCUT2D eigenvalue weighted by Gasteiger charge is -2.09. The van der Waals surface area contributed by atoms with Gasteiger partial charge in [-0.25, -0.2) is 0 Å². The Labute approximate surface area is 389 Å². The Morgan fingerprint density at radius 1 is 0.379 bits per heavy atom. The van der Waals surface area contributed by atoms with Gasteiger partial charge in [-0.15, -0.1) is 68.0 Å². The smallest absolute Gasteiger partial charge is 0.0711 e. The number of benzene rings is 1. The van der Waals surface area contributed by atoms with Crippen molar-refractivity contribution in [3.63, 3.8) is 0 Å². The first-order valence-electron chi connectivity index (χ1n) is 22.2. The third kappa shape index (κ3) is 10.9. The number of hydrogen-bond donors (Lipinski definition) is 0. The van der Waals surface area contributed by atoms with E-state index in [4.69, 9.17) is 0 Å². The molecular weight excluding hydrogens is 953 g/mol. The molecule has 0 radical (unpaired) electrons. The average molecular weight is 1010 g/mol. The molecule has 0 aliphatic heterocycles. The summed E-state index contributed by atoms with van der Waals surface area (Å²) in [5.74, 6) is 0. The topological polar surface area (TPSA) is 0 Å². The maximum atomic E-state index is 4.01. The maximum Gasteiger partial charge on any atom is 0.0711 e. The molecule has 0 saturated carbocycles. The number of fused-ring (bicyclic) bond motifs is 2. The highest BCUT2D eigenvalue weighted by Crippen LogP contribution is 2.55. The van der Waals surface area contributed by atoms with E-state index in [-0.39, 0.29) is 0 Å². The van der Waals surface area contributed by atoms with Gasteiger partial charge in [-0.1, -0.05) is 105 Å². The lowest BCUT2D eigenvalue weighted by molar-refractivity contribution is 0.668. The highest BCUT2D eigenvalue weighted by atomic mass is 79.9. The van der Waals surface area contributed by atoms with Crippen molar-refractivity contribution < 1.29 is 0 Å². The lowest BCUT2D eigenvalue weighted by atomic mass is 9.98.